The fraction of sp³-hybridized carbons (Fsp3) is 0.143. The third kappa shape index (κ3) is 1.46. The number of aliphatic hydroxyl groups is 1. The molecule has 2 nitrogen and oxygen atoms in total. The molecule has 0 aromatic heterocycles. The molecule has 4 heteroatoms. The van der Waals surface area contributed by atoms with Gasteiger partial charge in [-0.1, -0.05) is 0 Å². The Hall–Kier alpha value is -1.16. The van der Waals surface area contributed by atoms with Crippen LogP contribution in [0.25, 0.3) is 0 Å². The number of hydrogen-bond acceptors (Lipinski definition) is 2. The standard InChI is InChI=1S/C7H6F2O2/c8-5-1-4(3-10)7(9)6(11)2-5/h1-2,10-11H,3H2. The maximum Gasteiger partial charge on any atom is 0.170 e. The van der Waals surface area contributed by atoms with Gasteiger partial charge >= 0.3 is 0 Å². The van der Waals surface area contributed by atoms with Crippen molar-refractivity contribution >= 4 is 0 Å². The molecular formula is C7H6F2O2. The Bertz CT molecular complexity index is 273. The Morgan fingerprint density at radius 2 is 1.91 bits per heavy atom. The highest BCUT2D eigenvalue weighted by atomic mass is 19.1. The molecule has 0 aliphatic heterocycles. The van der Waals surface area contributed by atoms with Gasteiger partial charge in [0.05, 0.1) is 6.61 Å². The summed E-state index contributed by atoms with van der Waals surface area (Å²) in [5.41, 5.74) is -0.248. The van der Waals surface area contributed by atoms with Crippen LogP contribution < -0.4 is 0 Å². The van der Waals surface area contributed by atoms with Gasteiger partial charge in [-0.15, -0.1) is 0 Å². The molecule has 0 bridgehead atoms. The maximum atomic E-state index is 12.6. The second-order valence-corrected chi connectivity index (χ2v) is 2.06. The van der Waals surface area contributed by atoms with E-state index >= 15 is 0 Å². The zero-order valence-corrected chi connectivity index (χ0v) is 5.51. The summed E-state index contributed by atoms with van der Waals surface area (Å²) in [6, 6.07) is 1.48. The van der Waals surface area contributed by atoms with Gasteiger partial charge in [0.25, 0.3) is 0 Å². The topological polar surface area (TPSA) is 40.5 Å². The Kier molecular flexibility index (Phi) is 2.05. The van der Waals surface area contributed by atoms with Crippen molar-refractivity contribution in [3.05, 3.63) is 29.3 Å². The molecule has 0 unspecified atom stereocenters. The molecule has 60 valence electrons. The molecule has 0 aliphatic rings. The van der Waals surface area contributed by atoms with Crippen molar-refractivity contribution in [2.75, 3.05) is 0 Å². The van der Waals surface area contributed by atoms with Gasteiger partial charge in [-0.25, -0.2) is 8.78 Å². The number of aromatic hydroxyl groups is 1. The van der Waals surface area contributed by atoms with E-state index in [0.29, 0.717) is 6.07 Å². The molecule has 1 aromatic carbocycles. The second-order valence-electron chi connectivity index (χ2n) is 2.06. The number of aliphatic hydroxyl groups excluding tert-OH is 1. The quantitative estimate of drug-likeness (QED) is 0.647. The first-order valence-electron chi connectivity index (χ1n) is 2.93. The lowest BCUT2D eigenvalue weighted by atomic mass is 10.2. The number of phenolic OH excluding ortho intramolecular Hbond substituents is 1. The average molecular weight is 160 g/mol. The lowest BCUT2D eigenvalue weighted by molar-refractivity contribution is 0.272. The van der Waals surface area contributed by atoms with E-state index < -0.39 is 24.0 Å². The summed E-state index contributed by atoms with van der Waals surface area (Å²) in [4.78, 5) is 0. The SMILES string of the molecule is OCc1cc(F)cc(O)c1F. The van der Waals surface area contributed by atoms with E-state index in [1.54, 1.807) is 0 Å². The predicted molar refractivity (Wildman–Crippen MR) is 33.9 cm³/mol. The molecule has 0 fully saturated rings. The van der Waals surface area contributed by atoms with Crippen LogP contribution in [0.1, 0.15) is 5.56 Å². The van der Waals surface area contributed by atoms with Crippen LogP contribution in [0.4, 0.5) is 8.78 Å². The van der Waals surface area contributed by atoms with Gasteiger partial charge in [0, 0.05) is 11.6 Å². The first kappa shape index (κ1) is 7.94. The number of rotatable bonds is 1. The lowest BCUT2D eigenvalue weighted by Gasteiger charge is -2.00. The normalized spacial score (nSPS) is 10.1. The van der Waals surface area contributed by atoms with Crippen LogP contribution in [-0.4, -0.2) is 10.2 Å². The van der Waals surface area contributed by atoms with Gasteiger partial charge in [0.15, 0.2) is 11.6 Å². The van der Waals surface area contributed by atoms with Crippen molar-refractivity contribution in [2.45, 2.75) is 6.61 Å². The Labute approximate surface area is 61.7 Å². The third-order valence-electron chi connectivity index (χ3n) is 1.26. The zero-order valence-electron chi connectivity index (χ0n) is 5.51. The van der Waals surface area contributed by atoms with Crippen LogP contribution in [0.3, 0.4) is 0 Å². The molecule has 1 rings (SSSR count). The zero-order chi connectivity index (χ0) is 8.43. The first-order chi connectivity index (χ1) is 5.15. The van der Waals surface area contributed by atoms with Crippen molar-refractivity contribution in [1.29, 1.82) is 0 Å². The Balaban J connectivity index is 3.24. The summed E-state index contributed by atoms with van der Waals surface area (Å²) in [6.45, 7) is -0.628. The van der Waals surface area contributed by atoms with Gasteiger partial charge < -0.3 is 10.2 Å². The minimum Gasteiger partial charge on any atom is -0.505 e. The van der Waals surface area contributed by atoms with Crippen molar-refractivity contribution in [2.24, 2.45) is 0 Å². The highest BCUT2D eigenvalue weighted by molar-refractivity contribution is 5.30. The first-order valence-corrected chi connectivity index (χ1v) is 2.93. The van der Waals surface area contributed by atoms with Crippen molar-refractivity contribution < 1.29 is 19.0 Å². The summed E-state index contributed by atoms with van der Waals surface area (Å²) >= 11 is 0. The molecule has 0 saturated heterocycles. The summed E-state index contributed by atoms with van der Waals surface area (Å²) < 4.78 is 25.0. The van der Waals surface area contributed by atoms with E-state index in [1.165, 1.54) is 0 Å². The van der Waals surface area contributed by atoms with Gasteiger partial charge in [0.1, 0.15) is 5.82 Å². The molecule has 0 heterocycles. The molecule has 0 atom stereocenters. The van der Waals surface area contributed by atoms with Crippen LogP contribution in [0.5, 0.6) is 5.75 Å². The fourth-order valence-corrected chi connectivity index (χ4v) is 0.745. The summed E-state index contributed by atoms with van der Waals surface area (Å²) in [5, 5.41) is 17.1. The smallest absolute Gasteiger partial charge is 0.170 e. The molecule has 0 amide bonds. The minimum absolute atomic E-state index is 0.248. The average Bonchev–Trinajstić information content (AvgIpc) is 1.96. The van der Waals surface area contributed by atoms with E-state index in [1.807, 2.05) is 0 Å². The van der Waals surface area contributed by atoms with E-state index in [9.17, 15) is 8.78 Å². The fourth-order valence-electron chi connectivity index (χ4n) is 0.745. The van der Waals surface area contributed by atoms with Gasteiger partial charge in [-0.3, -0.25) is 0 Å². The molecule has 11 heavy (non-hydrogen) atoms. The molecule has 0 radical (unpaired) electrons. The van der Waals surface area contributed by atoms with Crippen LogP contribution in [0, 0.1) is 11.6 Å². The van der Waals surface area contributed by atoms with E-state index in [2.05, 4.69) is 0 Å². The molecule has 0 spiro atoms. The molecule has 1 aromatic rings. The second kappa shape index (κ2) is 2.84. The Morgan fingerprint density at radius 1 is 1.27 bits per heavy atom. The summed E-state index contributed by atoms with van der Waals surface area (Å²) in [7, 11) is 0. The summed E-state index contributed by atoms with van der Waals surface area (Å²) in [6.07, 6.45) is 0. The van der Waals surface area contributed by atoms with E-state index in [-0.39, 0.29) is 5.56 Å². The van der Waals surface area contributed by atoms with Crippen molar-refractivity contribution in [3.63, 3.8) is 0 Å². The van der Waals surface area contributed by atoms with Gasteiger partial charge in [0.2, 0.25) is 0 Å². The van der Waals surface area contributed by atoms with Crippen LogP contribution in [0.15, 0.2) is 12.1 Å². The van der Waals surface area contributed by atoms with E-state index in [0.717, 1.165) is 6.07 Å². The molecular weight excluding hydrogens is 154 g/mol. The van der Waals surface area contributed by atoms with Crippen molar-refractivity contribution in [3.8, 4) is 5.75 Å². The lowest BCUT2D eigenvalue weighted by Crippen LogP contribution is -1.91. The highest BCUT2D eigenvalue weighted by Gasteiger charge is 2.08. The van der Waals surface area contributed by atoms with Crippen LogP contribution >= 0.6 is 0 Å². The van der Waals surface area contributed by atoms with Crippen LogP contribution in [0.2, 0.25) is 0 Å². The molecule has 0 saturated carbocycles. The van der Waals surface area contributed by atoms with E-state index in [4.69, 9.17) is 10.2 Å². The number of hydrogen-bond donors (Lipinski definition) is 2. The Morgan fingerprint density at radius 3 is 2.45 bits per heavy atom. The number of halogens is 2. The number of benzene rings is 1. The monoisotopic (exact) mass is 160 g/mol. The van der Waals surface area contributed by atoms with Crippen LogP contribution in [-0.2, 0) is 6.61 Å². The predicted octanol–water partition coefficient (Wildman–Crippen LogP) is 1.16. The van der Waals surface area contributed by atoms with Gasteiger partial charge in [-0.05, 0) is 6.07 Å². The maximum absolute atomic E-state index is 12.6. The van der Waals surface area contributed by atoms with Gasteiger partial charge in [-0.2, -0.15) is 0 Å². The molecule has 2 N–H and O–H groups in total. The third-order valence-corrected chi connectivity index (χ3v) is 1.26. The van der Waals surface area contributed by atoms with Crippen molar-refractivity contribution in [1.82, 2.24) is 0 Å². The summed E-state index contributed by atoms with van der Waals surface area (Å²) in [5.74, 6) is -2.53. The minimum atomic E-state index is -0.978. The number of phenols is 1. The highest BCUT2D eigenvalue weighted by Crippen LogP contribution is 2.20. The molecule has 0 aliphatic carbocycles. The largest absolute Gasteiger partial charge is 0.505 e.